The van der Waals surface area contributed by atoms with Crippen molar-refractivity contribution in [3.8, 4) is 5.75 Å². The molecule has 2 aromatic carbocycles. The molecule has 0 spiro atoms. The van der Waals surface area contributed by atoms with Crippen LogP contribution in [0.4, 0.5) is 0 Å². The molecule has 0 aliphatic heterocycles. The molecule has 2 rings (SSSR count). The van der Waals surface area contributed by atoms with Crippen molar-refractivity contribution in [3.05, 3.63) is 61.5 Å². The van der Waals surface area contributed by atoms with Crippen molar-refractivity contribution in [1.29, 1.82) is 0 Å². The van der Waals surface area contributed by atoms with E-state index in [4.69, 9.17) is 4.74 Å². The van der Waals surface area contributed by atoms with Gasteiger partial charge in [0.25, 0.3) is 0 Å². The van der Waals surface area contributed by atoms with E-state index in [1.54, 1.807) is 7.11 Å². The molecule has 4 heteroatoms. The Morgan fingerprint density at radius 3 is 2.35 bits per heavy atom. The van der Waals surface area contributed by atoms with Gasteiger partial charge in [-0.25, -0.2) is 0 Å². The quantitative estimate of drug-likeness (QED) is 0.676. The molecular weight excluding hydrogens is 384 g/mol. The van der Waals surface area contributed by atoms with Gasteiger partial charge in [0.2, 0.25) is 0 Å². The molecule has 0 aromatic heterocycles. The number of aryl methyl sites for hydroxylation is 2. The fraction of sp³-hybridized carbons (Fsp3) is 0.188. The van der Waals surface area contributed by atoms with Crippen LogP contribution < -0.4 is 4.74 Å². The van der Waals surface area contributed by atoms with E-state index >= 15 is 0 Å². The topological polar surface area (TPSA) is 26.3 Å². The van der Waals surface area contributed by atoms with Crippen LogP contribution in [0.25, 0.3) is 0 Å². The van der Waals surface area contributed by atoms with E-state index < -0.39 is 0 Å². The lowest BCUT2D eigenvalue weighted by molar-refractivity contribution is 0.103. The molecule has 0 unspecified atom stereocenters. The molecule has 0 saturated heterocycles. The lowest BCUT2D eigenvalue weighted by Gasteiger charge is -2.11. The summed E-state index contributed by atoms with van der Waals surface area (Å²) in [6.45, 7) is 3.93. The first kappa shape index (κ1) is 15.3. The number of ether oxygens (including phenoxy) is 1. The van der Waals surface area contributed by atoms with E-state index in [1.165, 1.54) is 0 Å². The van der Waals surface area contributed by atoms with Crippen molar-refractivity contribution >= 4 is 37.6 Å². The Bertz CT molecular complexity index is 678. The van der Waals surface area contributed by atoms with Gasteiger partial charge in [0.05, 0.1) is 12.7 Å². The van der Waals surface area contributed by atoms with Crippen LogP contribution in [0.5, 0.6) is 5.75 Å². The molecule has 0 bridgehead atoms. The monoisotopic (exact) mass is 396 g/mol. The van der Waals surface area contributed by atoms with Gasteiger partial charge in [0, 0.05) is 14.5 Å². The predicted octanol–water partition coefficient (Wildman–Crippen LogP) is 5.07. The molecular formula is C16H14Br2O2. The second kappa shape index (κ2) is 6.10. The van der Waals surface area contributed by atoms with E-state index in [2.05, 4.69) is 31.9 Å². The Labute approximate surface area is 135 Å². The summed E-state index contributed by atoms with van der Waals surface area (Å²) in [6, 6.07) is 9.40. The number of carbonyl (C=O) groups is 1. The SMILES string of the molecule is COc1cc(C)c(Br)cc1C(=O)c1cc(C)ccc1Br. The third-order valence-corrected chi connectivity index (χ3v) is 4.64. The Balaban J connectivity index is 2.58. The Kier molecular flexibility index (Phi) is 4.66. The van der Waals surface area contributed by atoms with Gasteiger partial charge in [-0.15, -0.1) is 0 Å². The molecule has 0 aliphatic rings. The van der Waals surface area contributed by atoms with Crippen molar-refractivity contribution in [2.24, 2.45) is 0 Å². The number of rotatable bonds is 3. The van der Waals surface area contributed by atoms with Crippen molar-refractivity contribution in [1.82, 2.24) is 0 Å². The molecule has 2 aromatic rings. The summed E-state index contributed by atoms with van der Waals surface area (Å²) < 4.78 is 7.01. The molecule has 20 heavy (non-hydrogen) atoms. The molecule has 0 amide bonds. The van der Waals surface area contributed by atoms with Gasteiger partial charge in [-0.05, 0) is 43.7 Å². The number of hydrogen-bond acceptors (Lipinski definition) is 2. The van der Waals surface area contributed by atoms with Crippen LogP contribution in [0.1, 0.15) is 27.0 Å². The van der Waals surface area contributed by atoms with Crippen LogP contribution in [0.3, 0.4) is 0 Å². The van der Waals surface area contributed by atoms with E-state index in [0.717, 1.165) is 20.1 Å². The highest BCUT2D eigenvalue weighted by molar-refractivity contribution is 9.10. The first-order valence-electron chi connectivity index (χ1n) is 6.09. The zero-order chi connectivity index (χ0) is 14.9. The highest BCUT2D eigenvalue weighted by Gasteiger charge is 2.18. The molecule has 0 N–H and O–H groups in total. The molecule has 104 valence electrons. The molecule has 0 fully saturated rings. The summed E-state index contributed by atoms with van der Waals surface area (Å²) in [6.07, 6.45) is 0. The summed E-state index contributed by atoms with van der Waals surface area (Å²) in [7, 11) is 1.57. The Morgan fingerprint density at radius 2 is 1.70 bits per heavy atom. The average molecular weight is 398 g/mol. The van der Waals surface area contributed by atoms with Crippen molar-refractivity contribution in [2.75, 3.05) is 7.11 Å². The average Bonchev–Trinajstić information content (AvgIpc) is 2.43. The third-order valence-electron chi connectivity index (χ3n) is 3.09. The first-order chi connectivity index (χ1) is 9.43. The predicted molar refractivity (Wildman–Crippen MR) is 87.7 cm³/mol. The summed E-state index contributed by atoms with van der Waals surface area (Å²) in [5, 5.41) is 0. The minimum absolute atomic E-state index is 0.0573. The molecule has 0 atom stereocenters. The zero-order valence-electron chi connectivity index (χ0n) is 11.5. The number of benzene rings is 2. The van der Waals surface area contributed by atoms with Crippen LogP contribution >= 0.6 is 31.9 Å². The van der Waals surface area contributed by atoms with E-state index in [0.29, 0.717) is 16.9 Å². The standard InChI is InChI=1S/C16H14Br2O2/c1-9-4-5-13(17)11(6-9)16(19)12-8-14(18)10(2)7-15(12)20-3/h4-8H,1-3H3. The Hall–Kier alpha value is -1.13. The first-order valence-corrected chi connectivity index (χ1v) is 7.67. The van der Waals surface area contributed by atoms with Gasteiger partial charge in [0.15, 0.2) is 5.78 Å². The highest BCUT2D eigenvalue weighted by Crippen LogP contribution is 2.30. The van der Waals surface area contributed by atoms with Crippen LogP contribution in [0.15, 0.2) is 39.3 Å². The smallest absolute Gasteiger partial charge is 0.197 e. The maximum atomic E-state index is 12.7. The summed E-state index contributed by atoms with van der Waals surface area (Å²) in [5.74, 6) is 0.530. The van der Waals surface area contributed by atoms with Gasteiger partial charge in [0.1, 0.15) is 5.75 Å². The normalized spacial score (nSPS) is 10.4. The fourth-order valence-corrected chi connectivity index (χ4v) is 2.73. The number of methoxy groups -OCH3 is 1. The summed E-state index contributed by atoms with van der Waals surface area (Å²) >= 11 is 6.90. The molecule has 0 radical (unpaired) electrons. The highest BCUT2D eigenvalue weighted by atomic mass is 79.9. The van der Waals surface area contributed by atoms with Crippen LogP contribution in [-0.4, -0.2) is 12.9 Å². The van der Waals surface area contributed by atoms with Crippen molar-refractivity contribution in [2.45, 2.75) is 13.8 Å². The number of halogens is 2. The maximum absolute atomic E-state index is 12.7. The third kappa shape index (κ3) is 2.96. The number of carbonyl (C=O) groups excluding carboxylic acids is 1. The lowest BCUT2D eigenvalue weighted by Crippen LogP contribution is -2.06. The van der Waals surface area contributed by atoms with Crippen LogP contribution in [-0.2, 0) is 0 Å². The van der Waals surface area contributed by atoms with E-state index in [1.807, 2.05) is 44.2 Å². The number of hydrogen-bond donors (Lipinski definition) is 0. The van der Waals surface area contributed by atoms with E-state index in [9.17, 15) is 4.79 Å². The minimum atomic E-state index is -0.0573. The molecule has 0 aliphatic carbocycles. The second-order valence-electron chi connectivity index (χ2n) is 4.61. The lowest BCUT2D eigenvalue weighted by atomic mass is 10.00. The zero-order valence-corrected chi connectivity index (χ0v) is 14.6. The van der Waals surface area contributed by atoms with E-state index in [-0.39, 0.29) is 5.78 Å². The Morgan fingerprint density at radius 1 is 1.00 bits per heavy atom. The molecule has 0 heterocycles. The van der Waals surface area contributed by atoms with Crippen LogP contribution in [0, 0.1) is 13.8 Å². The van der Waals surface area contributed by atoms with Crippen LogP contribution in [0.2, 0.25) is 0 Å². The maximum Gasteiger partial charge on any atom is 0.197 e. The van der Waals surface area contributed by atoms with Crippen molar-refractivity contribution < 1.29 is 9.53 Å². The molecule has 2 nitrogen and oxygen atoms in total. The van der Waals surface area contributed by atoms with Gasteiger partial charge in [-0.1, -0.05) is 43.5 Å². The summed E-state index contributed by atoms with van der Waals surface area (Å²) in [4.78, 5) is 12.7. The van der Waals surface area contributed by atoms with Crippen molar-refractivity contribution in [3.63, 3.8) is 0 Å². The second-order valence-corrected chi connectivity index (χ2v) is 6.32. The van der Waals surface area contributed by atoms with Gasteiger partial charge in [-0.3, -0.25) is 4.79 Å². The summed E-state index contributed by atoms with van der Waals surface area (Å²) in [5.41, 5.74) is 3.26. The van der Waals surface area contributed by atoms with Gasteiger partial charge in [-0.2, -0.15) is 0 Å². The van der Waals surface area contributed by atoms with Gasteiger partial charge >= 0.3 is 0 Å². The number of ketones is 1. The molecule has 0 saturated carbocycles. The minimum Gasteiger partial charge on any atom is -0.496 e. The fourth-order valence-electron chi connectivity index (χ4n) is 1.96. The largest absolute Gasteiger partial charge is 0.496 e. The van der Waals surface area contributed by atoms with Gasteiger partial charge < -0.3 is 4.74 Å².